The molecule has 2 aromatic rings. The first kappa shape index (κ1) is 14.9. The van der Waals surface area contributed by atoms with Crippen molar-refractivity contribution in [2.24, 2.45) is 10.9 Å². The normalized spacial score (nSPS) is 11.4. The fourth-order valence-corrected chi connectivity index (χ4v) is 2.21. The van der Waals surface area contributed by atoms with Crippen LogP contribution < -0.4 is 10.5 Å². The maximum atomic E-state index is 8.62. The van der Waals surface area contributed by atoms with Crippen LogP contribution in [0.15, 0.2) is 40.1 Å². The first-order valence-corrected chi connectivity index (χ1v) is 6.82. The molecular formula is C12H8BrCl2N3O2. The summed E-state index contributed by atoms with van der Waals surface area (Å²) < 4.78 is 6.28. The van der Waals surface area contributed by atoms with Gasteiger partial charge in [-0.15, -0.1) is 0 Å². The average Bonchev–Trinajstić information content (AvgIpc) is 2.44. The van der Waals surface area contributed by atoms with Gasteiger partial charge in [-0.1, -0.05) is 28.4 Å². The molecule has 0 amide bonds. The Balaban J connectivity index is 2.33. The Morgan fingerprint density at radius 1 is 1.30 bits per heavy atom. The summed E-state index contributed by atoms with van der Waals surface area (Å²) in [5.74, 6) is 0.703. The summed E-state index contributed by atoms with van der Waals surface area (Å²) in [4.78, 5) is 3.94. The minimum Gasteiger partial charge on any atom is -0.456 e. The number of pyridine rings is 1. The van der Waals surface area contributed by atoms with Gasteiger partial charge in [-0.3, -0.25) is 4.98 Å². The number of oxime groups is 1. The highest BCUT2D eigenvalue weighted by Crippen LogP contribution is 2.36. The van der Waals surface area contributed by atoms with E-state index in [1.165, 1.54) is 12.3 Å². The van der Waals surface area contributed by atoms with Gasteiger partial charge in [-0.2, -0.15) is 0 Å². The molecule has 2 rings (SSSR count). The predicted octanol–water partition coefficient (Wildman–Crippen LogP) is 4.04. The van der Waals surface area contributed by atoms with Gasteiger partial charge in [0.2, 0.25) is 0 Å². The molecule has 0 fully saturated rings. The van der Waals surface area contributed by atoms with Crippen LogP contribution in [-0.2, 0) is 0 Å². The Bertz CT molecular complexity index is 680. The molecule has 1 heterocycles. The highest BCUT2D eigenvalue weighted by Gasteiger charge is 2.09. The molecule has 0 bridgehead atoms. The highest BCUT2D eigenvalue weighted by molar-refractivity contribution is 9.10. The molecule has 0 spiro atoms. The lowest BCUT2D eigenvalue weighted by atomic mass is 10.3. The zero-order valence-electron chi connectivity index (χ0n) is 9.85. The number of nitrogens with zero attached hydrogens (tertiary/aromatic N) is 2. The van der Waals surface area contributed by atoms with E-state index in [4.69, 9.17) is 38.9 Å². The standard InChI is InChI=1S/C12H8BrCl2N3O2/c13-7-4-9(15)11(5-8(7)14)20-6-1-2-17-10(3-6)12(16)18-19/h1-5,19H,(H2,16,18). The van der Waals surface area contributed by atoms with Crippen molar-refractivity contribution in [1.29, 1.82) is 0 Å². The molecule has 1 aromatic heterocycles. The van der Waals surface area contributed by atoms with Gasteiger partial charge < -0.3 is 15.7 Å². The number of aromatic nitrogens is 1. The van der Waals surface area contributed by atoms with Gasteiger partial charge in [0.1, 0.15) is 17.2 Å². The smallest absolute Gasteiger partial charge is 0.188 e. The van der Waals surface area contributed by atoms with Crippen LogP contribution >= 0.6 is 39.1 Å². The van der Waals surface area contributed by atoms with Crippen molar-refractivity contribution >= 4 is 45.0 Å². The molecule has 0 atom stereocenters. The molecular weight excluding hydrogens is 369 g/mol. The number of hydrogen-bond acceptors (Lipinski definition) is 4. The van der Waals surface area contributed by atoms with Gasteiger partial charge in [0, 0.05) is 22.8 Å². The summed E-state index contributed by atoms with van der Waals surface area (Å²) in [6.45, 7) is 0. The van der Waals surface area contributed by atoms with Crippen molar-refractivity contribution in [1.82, 2.24) is 4.98 Å². The van der Waals surface area contributed by atoms with Crippen molar-refractivity contribution in [3.05, 3.63) is 50.7 Å². The van der Waals surface area contributed by atoms with Crippen LogP contribution in [0.5, 0.6) is 11.5 Å². The Hall–Kier alpha value is -1.50. The van der Waals surface area contributed by atoms with Crippen LogP contribution in [-0.4, -0.2) is 16.0 Å². The number of nitrogens with two attached hydrogens (primary N) is 1. The fraction of sp³-hybridized carbons (Fsp3) is 0. The Kier molecular flexibility index (Phi) is 4.69. The van der Waals surface area contributed by atoms with Crippen LogP contribution in [0.4, 0.5) is 0 Å². The predicted molar refractivity (Wildman–Crippen MR) is 81.0 cm³/mol. The zero-order chi connectivity index (χ0) is 14.7. The Labute approximate surface area is 133 Å². The highest BCUT2D eigenvalue weighted by atomic mass is 79.9. The molecule has 0 saturated heterocycles. The van der Waals surface area contributed by atoms with Crippen molar-refractivity contribution in [3.63, 3.8) is 0 Å². The quantitative estimate of drug-likeness (QED) is 0.278. The van der Waals surface area contributed by atoms with Gasteiger partial charge in [0.05, 0.1) is 10.0 Å². The second-order valence-electron chi connectivity index (χ2n) is 3.66. The van der Waals surface area contributed by atoms with Crippen LogP contribution in [0.2, 0.25) is 10.0 Å². The molecule has 0 aliphatic heterocycles. The van der Waals surface area contributed by atoms with E-state index >= 15 is 0 Å². The Morgan fingerprint density at radius 2 is 2.05 bits per heavy atom. The molecule has 1 aromatic carbocycles. The minimum absolute atomic E-state index is 0.115. The number of hydrogen-bond donors (Lipinski definition) is 2. The largest absolute Gasteiger partial charge is 0.456 e. The SMILES string of the molecule is N/C(=N/O)c1cc(Oc2cc(Cl)c(Br)cc2Cl)ccn1. The van der Waals surface area contributed by atoms with E-state index in [2.05, 4.69) is 26.1 Å². The van der Waals surface area contributed by atoms with Crippen molar-refractivity contribution in [3.8, 4) is 11.5 Å². The van der Waals surface area contributed by atoms with E-state index in [1.54, 1.807) is 18.2 Å². The second-order valence-corrected chi connectivity index (χ2v) is 5.33. The molecule has 0 aliphatic rings. The molecule has 104 valence electrons. The van der Waals surface area contributed by atoms with Gasteiger partial charge >= 0.3 is 0 Å². The molecule has 0 radical (unpaired) electrons. The maximum absolute atomic E-state index is 8.62. The summed E-state index contributed by atoms with van der Waals surface area (Å²) in [5.41, 5.74) is 5.74. The maximum Gasteiger partial charge on any atom is 0.188 e. The monoisotopic (exact) mass is 375 g/mol. The summed E-state index contributed by atoms with van der Waals surface area (Å²) in [6.07, 6.45) is 1.47. The number of amidine groups is 1. The lowest BCUT2D eigenvalue weighted by molar-refractivity contribution is 0.318. The summed E-state index contributed by atoms with van der Waals surface area (Å²) >= 11 is 15.3. The Morgan fingerprint density at radius 3 is 2.75 bits per heavy atom. The first-order valence-electron chi connectivity index (χ1n) is 5.27. The lowest BCUT2D eigenvalue weighted by Gasteiger charge is -2.09. The molecule has 0 aliphatic carbocycles. The van der Waals surface area contributed by atoms with E-state index in [1.807, 2.05) is 0 Å². The van der Waals surface area contributed by atoms with Crippen LogP contribution in [0.3, 0.4) is 0 Å². The number of ether oxygens (including phenoxy) is 1. The number of benzene rings is 1. The van der Waals surface area contributed by atoms with E-state index in [-0.39, 0.29) is 11.5 Å². The summed E-state index contributed by atoms with van der Waals surface area (Å²) in [5, 5.41) is 12.4. The van der Waals surface area contributed by atoms with E-state index in [0.717, 1.165) is 0 Å². The lowest BCUT2D eigenvalue weighted by Crippen LogP contribution is -2.14. The van der Waals surface area contributed by atoms with Gasteiger partial charge in [0.15, 0.2) is 5.84 Å². The van der Waals surface area contributed by atoms with E-state index < -0.39 is 0 Å². The van der Waals surface area contributed by atoms with E-state index in [0.29, 0.717) is 26.0 Å². The first-order chi connectivity index (χ1) is 9.51. The molecule has 0 unspecified atom stereocenters. The third-order valence-electron chi connectivity index (χ3n) is 2.30. The average molecular weight is 377 g/mol. The second kappa shape index (κ2) is 6.30. The van der Waals surface area contributed by atoms with Gasteiger partial charge in [-0.05, 0) is 28.1 Å². The minimum atomic E-state index is -0.115. The summed E-state index contributed by atoms with van der Waals surface area (Å²) in [7, 11) is 0. The fourth-order valence-electron chi connectivity index (χ4n) is 1.38. The van der Waals surface area contributed by atoms with Crippen LogP contribution in [0, 0.1) is 0 Å². The van der Waals surface area contributed by atoms with Crippen molar-refractivity contribution in [2.45, 2.75) is 0 Å². The topological polar surface area (TPSA) is 80.7 Å². The third kappa shape index (κ3) is 3.33. The number of rotatable bonds is 3. The molecule has 0 saturated carbocycles. The van der Waals surface area contributed by atoms with Crippen LogP contribution in [0.1, 0.15) is 5.69 Å². The van der Waals surface area contributed by atoms with Gasteiger partial charge in [0.25, 0.3) is 0 Å². The van der Waals surface area contributed by atoms with E-state index in [9.17, 15) is 0 Å². The number of halogens is 3. The molecule has 3 N–H and O–H groups in total. The van der Waals surface area contributed by atoms with Gasteiger partial charge in [-0.25, -0.2) is 0 Å². The van der Waals surface area contributed by atoms with Crippen LogP contribution in [0.25, 0.3) is 0 Å². The van der Waals surface area contributed by atoms with Crippen molar-refractivity contribution < 1.29 is 9.94 Å². The zero-order valence-corrected chi connectivity index (χ0v) is 12.9. The van der Waals surface area contributed by atoms with Crippen molar-refractivity contribution in [2.75, 3.05) is 0 Å². The summed E-state index contributed by atoms with van der Waals surface area (Å²) in [6, 6.07) is 6.34. The molecule has 20 heavy (non-hydrogen) atoms. The molecule has 8 heteroatoms. The molecule has 5 nitrogen and oxygen atoms in total. The third-order valence-corrected chi connectivity index (χ3v) is 3.80.